The summed E-state index contributed by atoms with van der Waals surface area (Å²) in [5, 5.41) is 1.95. The molecule has 2 unspecified atom stereocenters. The molecule has 2 aliphatic carbocycles. The van der Waals surface area contributed by atoms with Crippen LogP contribution in [0.2, 0.25) is 0 Å². The average molecular weight is 303 g/mol. The van der Waals surface area contributed by atoms with Gasteiger partial charge in [-0.25, -0.2) is 0 Å². The van der Waals surface area contributed by atoms with E-state index in [-0.39, 0.29) is 5.92 Å². The Labute approximate surface area is 120 Å². The van der Waals surface area contributed by atoms with Gasteiger partial charge in [0.15, 0.2) is 0 Å². The van der Waals surface area contributed by atoms with Gasteiger partial charge in [-0.1, -0.05) is 23.3 Å². The van der Waals surface area contributed by atoms with Gasteiger partial charge < -0.3 is 10.1 Å². The highest BCUT2D eigenvalue weighted by Gasteiger charge is 2.54. The van der Waals surface area contributed by atoms with Crippen molar-refractivity contribution < 1.29 is 27.5 Å². The molecule has 0 aliphatic heterocycles. The summed E-state index contributed by atoms with van der Waals surface area (Å²) in [6.45, 7) is 3.68. The third-order valence-electron chi connectivity index (χ3n) is 4.01. The monoisotopic (exact) mass is 303 g/mol. The number of alkyl halides is 3. The molecule has 2 rings (SSSR count). The van der Waals surface area contributed by atoms with E-state index in [4.69, 9.17) is 0 Å². The molecule has 2 aliphatic rings. The molecule has 21 heavy (non-hydrogen) atoms. The van der Waals surface area contributed by atoms with Crippen LogP contribution in [0, 0.1) is 17.8 Å². The minimum absolute atomic E-state index is 0.314. The lowest BCUT2D eigenvalue weighted by molar-refractivity contribution is -0.175. The van der Waals surface area contributed by atoms with Crippen LogP contribution in [0.3, 0.4) is 0 Å². The number of hydrogen-bond acceptors (Lipinski definition) is 3. The van der Waals surface area contributed by atoms with E-state index in [0.717, 1.165) is 11.1 Å². The fourth-order valence-electron chi connectivity index (χ4n) is 3.25. The van der Waals surface area contributed by atoms with Gasteiger partial charge in [0.2, 0.25) is 0 Å². The molecule has 116 valence electrons. The number of rotatable bonds is 2. The summed E-state index contributed by atoms with van der Waals surface area (Å²) in [7, 11) is 1.18. The lowest BCUT2D eigenvalue weighted by atomic mass is 9.88. The lowest BCUT2D eigenvalue weighted by Crippen LogP contribution is -2.50. The summed E-state index contributed by atoms with van der Waals surface area (Å²) >= 11 is 0. The molecule has 0 saturated heterocycles. The Bertz CT molecular complexity index is 532. The third kappa shape index (κ3) is 2.56. The Balaban J connectivity index is 2.34. The second kappa shape index (κ2) is 5.20. The minimum Gasteiger partial charge on any atom is -0.469 e. The van der Waals surface area contributed by atoms with Gasteiger partial charge >= 0.3 is 18.1 Å². The van der Waals surface area contributed by atoms with E-state index >= 15 is 0 Å². The van der Waals surface area contributed by atoms with Crippen molar-refractivity contribution in [2.75, 3.05) is 7.11 Å². The fourth-order valence-corrected chi connectivity index (χ4v) is 3.25. The van der Waals surface area contributed by atoms with Gasteiger partial charge in [-0.05, 0) is 13.8 Å². The molecule has 2 bridgehead atoms. The predicted octanol–water partition coefficient (Wildman–Crippen LogP) is 1.97. The van der Waals surface area contributed by atoms with Crippen molar-refractivity contribution in [3.8, 4) is 0 Å². The first-order valence-electron chi connectivity index (χ1n) is 6.49. The number of fused-ring (bicyclic) bond motifs is 2. The quantitative estimate of drug-likeness (QED) is 0.627. The molecule has 4 nitrogen and oxygen atoms in total. The van der Waals surface area contributed by atoms with Crippen LogP contribution >= 0.6 is 0 Å². The van der Waals surface area contributed by atoms with E-state index in [0.29, 0.717) is 0 Å². The number of nitrogens with one attached hydrogen (secondary N) is 1. The van der Waals surface area contributed by atoms with Gasteiger partial charge in [0.1, 0.15) is 0 Å². The molecule has 1 N–H and O–H groups in total. The molecule has 1 amide bonds. The number of carbonyl (C=O) groups is 2. The highest BCUT2D eigenvalue weighted by Crippen LogP contribution is 2.49. The number of allylic oxidation sites excluding steroid dienone is 2. The second-order valence-electron chi connectivity index (χ2n) is 5.44. The van der Waals surface area contributed by atoms with Crippen LogP contribution in [0.15, 0.2) is 23.3 Å². The van der Waals surface area contributed by atoms with Gasteiger partial charge in [0.25, 0.3) is 0 Å². The van der Waals surface area contributed by atoms with E-state index < -0.39 is 35.9 Å². The van der Waals surface area contributed by atoms with Crippen LogP contribution in [0.5, 0.6) is 0 Å². The molecule has 0 aromatic rings. The molecule has 0 radical (unpaired) electrons. The fraction of sp³-hybridized carbons (Fsp3) is 0.571. The van der Waals surface area contributed by atoms with Gasteiger partial charge in [-0.3, -0.25) is 9.59 Å². The average Bonchev–Trinajstić information content (AvgIpc) is 2.92. The van der Waals surface area contributed by atoms with Crippen LogP contribution in [-0.2, 0) is 14.3 Å². The van der Waals surface area contributed by atoms with Gasteiger partial charge in [-0.2, -0.15) is 13.2 Å². The van der Waals surface area contributed by atoms with Gasteiger partial charge in [0, 0.05) is 11.8 Å². The summed E-state index contributed by atoms with van der Waals surface area (Å²) in [6, 6.07) is -0.925. The van der Waals surface area contributed by atoms with Crippen LogP contribution in [-0.4, -0.2) is 31.2 Å². The molecule has 1 fully saturated rings. The number of amides is 1. The molecular formula is C14H16F3NO3. The topological polar surface area (TPSA) is 55.4 Å². The SMILES string of the molecule is COC(=O)[C@H]1C2C=CC(C2=C(C)C)[C@H]1NC(=O)C(F)(F)F. The number of hydrogen-bond donors (Lipinski definition) is 1. The van der Waals surface area contributed by atoms with Crippen molar-refractivity contribution in [2.45, 2.75) is 26.1 Å². The largest absolute Gasteiger partial charge is 0.471 e. The highest BCUT2D eigenvalue weighted by molar-refractivity contribution is 5.84. The van der Waals surface area contributed by atoms with Crippen molar-refractivity contribution in [2.24, 2.45) is 17.8 Å². The Morgan fingerprint density at radius 1 is 1.19 bits per heavy atom. The number of halogens is 3. The first kappa shape index (κ1) is 15.6. The van der Waals surface area contributed by atoms with Crippen molar-refractivity contribution in [1.29, 1.82) is 0 Å². The summed E-state index contributed by atoms with van der Waals surface area (Å²) in [4.78, 5) is 23.1. The Morgan fingerprint density at radius 2 is 1.76 bits per heavy atom. The molecule has 1 saturated carbocycles. The lowest BCUT2D eigenvalue weighted by Gasteiger charge is -2.26. The Kier molecular flexibility index (Phi) is 3.86. The Morgan fingerprint density at radius 3 is 2.24 bits per heavy atom. The Hall–Kier alpha value is -1.79. The first-order valence-corrected chi connectivity index (χ1v) is 6.49. The van der Waals surface area contributed by atoms with Crippen LogP contribution in [0.4, 0.5) is 13.2 Å². The number of esters is 1. The molecule has 0 aromatic carbocycles. The molecule has 4 atom stereocenters. The van der Waals surface area contributed by atoms with E-state index in [1.807, 2.05) is 19.2 Å². The third-order valence-corrected chi connectivity index (χ3v) is 4.01. The second-order valence-corrected chi connectivity index (χ2v) is 5.44. The van der Waals surface area contributed by atoms with Gasteiger partial charge in [0.05, 0.1) is 19.1 Å². The van der Waals surface area contributed by atoms with Crippen LogP contribution in [0.25, 0.3) is 0 Å². The zero-order valence-corrected chi connectivity index (χ0v) is 11.8. The normalized spacial score (nSPS) is 30.5. The van der Waals surface area contributed by atoms with Crippen molar-refractivity contribution in [3.63, 3.8) is 0 Å². The van der Waals surface area contributed by atoms with E-state index in [2.05, 4.69) is 4.74 Å². The highest BCUT2D eigenvalue weighted by atomic mass is 19.4. The van der Waals surface area contributed by atoms with Crippen LogP contribution < -0.4 is 5.32 Å². The van der Waals surface area contributed by atoms with Crippen LogP contribution in [0.1, 0.15) is 13.8 Å². The number of ether oxygens (including phenoxy) is 1. The van der Waals surface area contributed by atoms with E-state index in [1.165, 1.54) is 7.11 Å². The smallest absolute Gasteiger partial charge is 0.469 e. The maximum atomic E-state index is 12.5. The van der Waals surface area contributed by atoms with E-state index in [1.54, 1.807) is 12.2 Å². The molecule has 0 aromatic heterocycles. The summed E-state index contributed by atoms with van der Waals surface area (Å²) in [6.07, 6.45) is -1.43. The van der Waals surface area contributed by atoms with Gasteiger partial charge in [-0.15, -0.1) is 0 Å². The maximum Gasteiger partial charge on any atom is 0.471 e. The summed E-state index contributed by atoms with van der Waals surface area (Å²) < 4.78 is 42.0. The molecule has 0 spiro atoms. The van der Waals surface area contributed by atoms with Crippen molar-refractivity contribution >= 4 is 11.9 Å². The maximum absolute atomic E-state index is 12.5. The van der Waals surface area contributed by atoms with Crippen molar-refractivity contribution in [1.82, 2.24) is 5.32 Å². The summed E-state index contributed by atoms with van der Waals surface area (Å²) in [5.74, 6) is -4.17. The van der Waals surface area contributed by atoms with Crippen molar-refractivity contribution in [3.05, 3.63) is 23.3 Å². The zero-order chi connectivity index (χ0) is 15.9. The number of methoxy groups -OCH3 is 1. The predicted molar refractivity (Wildman–Crippen MR) is 68.0 cm³/mol. The first-order chi connectivity index (χ1) is 9.68. The van der Waals surface area contributed by atoms with E-state index in [9.17, 15) is 22.8 Å². The number of carbonyl (C=O) groups excluding carboxylic acids is 2. The zero-order valence-electron chi connectivity index (χ0n) is 11.8. The standard InChI is InChI=1S/C14H16F3NO3/c1-6(2)9-7-4-5-8(9)11(10(7)12(19)21-3)18-13(20)14(15,16)17/h4-5,7-8,10-11H,1-3H3,(H,18,20)/t7?,8?,10-,11+/m0/s1. The minimum atomic E-state index is -4.97. The molecular weight excluding hydrogens is 287 g/mol. The molecule has 7 heteroatoms. The summed E-state index contributed by atoms with van der Waals surface area (Å²) in [5.41, 5.74) is 1.82. The molecule has 0 heterocycles.